The van der Waals surface area contributed by atoms with Gasteiger partial charge in [-0.25, -0.2) is 0 Å². The van der Waals surface area contributed by atoms with Gasteiger partial charge >= 0.3 is 5.97 Å². The van der Waals surface area contributed by atoms with Crippen LogP contribution in [0.3, 0.4) is 0 Å². The molecule has 4 rings (SSSR count). The Bertz CT molecular complexity index is 672. The van der Waals surface area contributed by atoms with Gasteiger partial charge in [-0.05, 0) is 75.1 Å². The molecule has 1 aromatic rings. The second kappa shape index (κ2) is 7.77. The summed E-state index contributed by atoms with van der Waals surface area (Å²) >= 11 is 0. The van der Waals surface area contributed by atoms with E-state index < -0.39 is 0 Å². The van der Waals surface area contributed by atoms with Crippen molar-refractivity contribution in [1.29, 1.82) is 5.26 Å². The number of ether oxygens (including phenoxy) is 3. The molecule has 2 aliphatic carbocycles. The van der Waals surface area contributed by atoms with Crippen LogP contribution in [0.15, 0.2) is 24.3 Å². The number of hydrogen-bond donors (Lipinski definition) is 0. The number of rotatable bonds is 5. The van der Waals surface area contributed by atoms with Gasteiger partial charge < -0.3 is 14.2 Å². The van der Waals surface area contributed by atoms with Crippen LogP contribution >= 0.6 is 0 Å². The van der Waals surface area contributed by atoms with Crippen molar-refractivity contribution in [2.24, 2.45) is 11.8 Å². The van der Waals surface area contributed by atoms with E-state index >= 15 is 0 Å². The normalized spacial score (nSPS) is 33.0. The van der Waals surface area contributed by atoms with Crippen LogP contribution < -0.4 is 4.74 Å². The molecule has 0 bridgehead atoms. The minimum atomic E-state index is -0.169. The number of hydrogen-bond acceptors (Lipinski definition) is 5. The number of benzene rings is 1. The van der Waals surface area contributed by atoms with Gasteiger partial charge in [-0.2, -0.15) is 5.26 Å². The van der Waals surface area contributed by atoms with Crippen molar-refractivity contribution in [3.8, 4) is 11.8 Å². The molecule has 0 aromatic heterocycles. The van der Waals surface area contributed by atoms with Crippen molar-refractivity contribution in [2.45, 2.75) is 63.3 Å². The van der Waals surface area contributed by atoms with Gasteiger partial charge in [0.2, 0.25) is 0 Å². The first-order valence-corrected chi connectivity index (χ1v) is 9.70. The molecule has 0 amide bonds. The van der Waals surface area contributed by atoms with E-state index in [1.807, 2.05) is 0 Å². The molecule has 1 saturated heterocycles. The Labute approximate surface area is 154 Å². The van der Waals surface area contributed by atoms with Crippen LogP contribution in [0.1, 0.15) is 50.5 Å². The molecule has 3 aliphatic rings. The molecule has 1 aliphatic heterocycles. The van der Waals surface area contributed by atoms with E-state index in [2.05, 4.69) is 6.07 Å². The van der Waals surface area contributed by atoms with Crippen molar-refractivity contribution in [3.05, 3.63) is 29.8 Å². The Balaban J connectivity index is 1.17. The lowest BCUT2D eigenvalue weighted by atomic mass is 9.87. The zero-order valence-electron chi connectivity index (χ0n) is 14.9. The van der Waals surface area contributed by atoms with Crippen molar-refractivity contribution < 1.29 is 19.0 Å². The van der Waals surface area contributed by atoms with Crippen molar-refractivity contribution in [3.63, 3.8) is 0 Å². The van der Waals surface area contributed by atoms with Crippen LogP contribution in [0.2, 0.25) is 0 Å². The summed E-state index contributed by atoms with van der Waals surface area (Å²) in [6.07, 6.45) is 8.35. The zero-order chi connectivity index (χ0) is 17.9. The third-order valence-corrected chi connectivity index (χ3v) is 5.89. The maximum Gasteiger partial charge on any atom is 0.314 e. The monoisotopic (exact) mass is 355 g/mol. The van der Waals surface area contributed by atoms with Gasteiger partial charge in [-0.15, -0.1) is 0 Å². The van der Waals surface area contributed by atoms with E-state index in [-0.39, 0.29) is 18.0 Å². The third-order valence-electron chi connectivity index (χ3n) is 5.89. The van der Waals surface area contributed by atoms with Crippen LogP contribution in [0.25, 0.3) is 0 Å². The van der Waals surface area contributed by atoms with Gasteiger partial charge in [0.15, 0.2) is 0 Å². The molecule has 1 aromatic carbocycles. The smallest absolute Gasteiger partial charge is 0.314 e. The number of nitriles is 1. The third kappa shape index (κ3) is 4.25. The average Bonchev–Trinajstić information content (AvgIpc) is 3.46. The molecule has 1 heterocycles. The SMILES string of the molecule is N#Cc1ccc(OC(=O)C2CCC(OCC3CCC4OC4C3)CC2)cc1. The number of nitrogens with zero attached hydrogens (tertiary/aromatic N) is 1. The first kappa shape index (κ1) is 17.5. The van der Waals surface area contributed by atoms with Gasteiger partial charge in [-0.1, -0.05) is 0 Å². The highest BCUT2D eigenvalue weighted by molar-refractivity contribution is 5.75. The summed E-state index contributed by atoms with van der Waals surface area (Å²) in [5.41, 5.74) is 0.559. The lowest BCUT2D eigenvalue weighted by Crippen LogP contribution is -2.30. The van der Waals surface area contributed by atoms with Crippen LogP contribution in [0, 0.1) is 23.2 Å². The fraction of sp³-hybridized carbons (Fsp3) is 0.619. The molecular weight excluding hydrogens is 330 g/mol. The van der Waals surface area contributed by atoms with Gasteiger partial charge in [0.1, 0.15) is 5.75 Å². The van der Waals surface area contributed by atoms with E-state index in [1.54, 1.807) is 24.3 Å². The predicted molar refractivity (Wildman–Crippen MR) is 94.5 cm³/mol. The van der Waals surface area contributed by atoms with Gasteiger partial charge in [0.25, 0.3) is 0 Å². The van der Waals surface area contributed by atoms with E-state index in [4.69, 9.17) is 19.5 Å². The summed E-state index contributed by atoms with van der Waals surface area (Å²) in [5, 5.41) is 8.81. The van der Waals surface area contributed by atoms with E-state index in [0.717, 1.165) is 38.7 Å². The second-order valence-corrected chi connectivity index (χ2v) is 7.76. The number of carbonyl (C=O) groups is 1. The maximum absolute atomic E-state index is 12.3. The fourth-order valence-electron chi connectivity index (χ4n) is 4.17. The summed E-state index contributed by atoms with van der Waals surface area (Å²) < 4.78 is 17.2. The van der Waals surface area contributed by atoms with Gasteiger partial charge in [0, 0.05) is 6.61 Å². The molecule has 0 spiro atoms. The molecule has 5 heteroatoms. The summed E-state index contributed by atoms with van der Waals surface area (Å²) in [4.78, 5) is 12.3. The zero-order valence-corrected chi connectivity index (χ0v) is 14.9. The van der Waals surface area contributed by atoms with Crippen LogP contribution in [-0.4, -0.2) is 30.9 Å². The van der Waals surface area contributed by atoms with Crippen molar-refractivity contribution >= 4 is 5.97 Å². The molecule has 26 heavy (non-hydrogen) atoms. The summed E-state index contributed by atoms with van der Waals surface area (Å²) in [6, 6.07) is 8.72. The summed E-state index contributed by atoms with van der Waals surface area (Å²) in [7, 11) is 0. The van der Waals surface area contributed by atoms with Crippen LogP contribution in [-0.2, 0) is 14.3 Å². The molecule has 2 saturated carbocycles. The van der Waals surface area contributed by atoms with Crippen LogP contribution in [0.5, 0.6) is 5.75 Å². The summed E-state index contributed by atoms with van der Waals surface area (Å²) in [5.74, 6) is 0.918. The molecule has 3 unspecified atom stereocenters. The lowest BCUT2D eigenvalue weighted by Gasteiger charge is -2.29. The standard InChI is InChI=1S/C21H25NO4/c22-12-14-1-6-18(7-2-14)25-21(23)16-4-8-17(9-5-16)24-13-15-3-10-19-20(11-15)26-19/h1-2,6-7,15-17,19-20H,3-5,8-11,13H2. The Kier molecular flexibility index (Phi) is 5.23. The number of carbonyl (C=O) groups excluding carboxylic acids is 1. The number of fused-ring (bicyclic) bond motifs is 1. The van der Waals surface area contributed by atoms with Crippen molar-refractivity contribution in [2.75, 3.05) is 6.61 Å². The first-order chi connectivity index (χ1) is 12.7. The predicted octanol–water partition coefficient (Wildman–Crippen LogP) is 3.61. The summed E-state index contributed by atoms with van der Waals surface area (Å²) in [6.45, 7) is 0.831. The molecule has 3 fully saturated rings. The minimum Gasteiger partial charge on any atom is -0.426 e. The second-order valence-electron chi connectivity index (χ2n) is 7.76. The Hall–Kier alpha value is -1.90. The highest BCUT2D eigenvalue weighted by Gasteiger charge is 2.43. The first-order valence-electron chi connectivity index (χ1n) is 9.70. The topological polar surface area (TPSA) is 71.8 Å². The number of esters is 1. The quantitative estimate of drug-likeness (QED) is 0.458. The minimum absolute atomic E-state index is 0.0548. The van der Waals surface area contributed by atoms with Crippen molar-refractivity contribution in [1.82, 2.24) is 0 Å². The highest BCUT2D eigenvalue weighted by atomic mass is 16.6. The van der Waals surface area contributed by atoms with Gasteiger partial charge in [0.05, 0.1) is 35.9 Å². The maximum atomic E-state index is 12.3. The molecule has 0 N–H and O–H groups in total. The Morgan fingerprint density at radius 3 is 2.54 bits per heavy atom. The molecular formula is C21H25NO4. The van der Waals surface area contributed by atoms with Gasteiger partial charge in [-0.3, -0.25) is 4.79 Å². The van der Waals surface area contributed by atoms with E-state index in [9.17, 15) is 4.79 Å². The molecule has 3 atom stereocenters. The highest BCUT2D eigenvalue weighted by Crippen LogP contribution is 2.40. The van der Waals surface area contributed by atoms with Crippen LogP contribution in [0.4, 0.5) is 0 Å². The van der Waals surface area contributed by atoms with E-state index in [0.29, 0.717) is 29.4 Å². The molecule has 0 radical (unpaired) electrons. The Morgan fingerprint density at radius 2 is 1.85 bits per heavy atom. The average molecular weight is 355 g/mol. The fourth-order valence-corrected chi connectivity index (χ4v) is 4.17. The lowest BCUT2D eigenvalue weighted by molar-refractivity contribution is -0.141. The molecule has 5 nitrogen and oxygen atoms in total. The number of epoxide rings is 1. The largest absolute Gasteiger partial charge is 0.426 e. The Morgan fingerprint density at radius 1 is 1.08 bits per heavy atom. The van der Waals surface area contributed by atoms with E-state index in [1.165, 1.54) is 12.8 Å². The molecule has 138 valence electrons.